The smallest absolute Gasteiger partial charge is 0.228 e. The highest BCUT2D eigenvalue weighted by Crippen LogP contribution is 2.32. The van der Waals surface area contributed by atoms with Gasteiger partial charge in [0.2, 0.25) is 5.89 Å². The van der Waals surface area contributed by atoms with Crippen molar-refractivity contribution in [2.45, 2.75) is 51.6 Å². The van der Waals surface area contributed by atoms with Crippen molar-refractivity contribution >= 4 is 11.6 Å². The molecule has 0 aliphatic rings. The van der Waals surface area contributed by atoms with Crippen molar-refractivity contribution in [3.63, 3.8) is 0 Å². The summed E-state index contributed by atoms with van der Waals surface area (Å²) in [7, 11) is 0. The molecule has 4 nitrogen and oxygen atoms in total. The third-order valence-corrected chi connectivity index (χ3v) is 5.34. The summed E-state index contributed by atoms with van der Waals surface area (Å²) in [6.45, 7) is 4.31. The van der Waals surface area contributed by atoms with E-state index in [9.17, 15) is 5.11 Å². The van der Waals surface area contributed by atoms with Crippen LogP contribution >= 0.6 is 11.6 Å². The Morgan fingerprint density at radius 3 is 2.41 bits per heavy atom. The third-order valence-electron chi connectivity index (χ3n) is 5.01. The summed E-state index contributed by atoms with van der Waals surface area (Å²) in [4.78, 5) is 4.71. The number of aliphatic hydroxyl groups excluding tert-OH is 2. The van der Waals surface area contributed by atoms with Crippen LogP contribution in [0.5, 0.6) is 0 Å². The van der Waals surface area contributed by atoms with Crippen LogP contribution in [-0.2, 0) is 12.8 Å². The van der Waals surface area contributed by atoms with E-state index < -0.39 is 6.10 Å². The van der Waals surface area contributed by atoms with E-state index in [1.165, 1.54) is 0 Å². The largest absolute Gasteiger partial charge is 0.441 e. The second kappa shape index (κ2) is 10.1. The van der Waals surface area contributed by atoms with Crippen LogP contribution in [0.15, 0.2) is 52.9 Å². The van der Waals surface area contributed by atoms with Gasteiger partial charge in [0, 0.05) is 12.5 Å². The summed E-state index contributed by atoms with van der Waals surface area (Å²) >= 11 is 6.30. The number of nitrogens with zero attached hydrogens (tertiary/aromatic N) is 1. The van der Waals surface area contributed by atoms with Crippen LogP contribution in [0.1, 0.15) is 61.3 Å². The van der Waals surface area contributed by atoms with Gasteiger partial charge in [0.05, 0.1) is 22.4 Å². The lowest BCUT2D eigenvalue weighted by Crippen LogP contribution is -2.01. The summed E-state index contributed by atoms with van der Waals surface area (Å²) in [6.07, 6.45) is 2.30. The highest BCUT2D eigenvalue weighted by molar-refractivity contribution is 6.33. The Morgan fingerprint density at radius 2 is 1.76 bits per heavy atom. The SMILES string of the molecule is CC(C)c1oc(-c2ccccc2Cl)nc1CCCC(O)c1ccc(CCO)cc1. The first-order chi connectivity index (χ1) is 14.0. The van der Waals surface area contributed by atoms with Crippen molar-refractivity contribution in [3.05, 3.63) is 76.1 Å². The Morgan fingerprint density at radius 1 is 1.03 bits per heavy atom. The number of hydrogen-bond donors (Lipinski definition) is 2. The van der Waals surface area contributed by atoms with Gasteiger partial charge in [-0.05, 0) is 48.9 Å². The maximum Gasteiger partial charge on any atom is 0.228 e. The van der Waals surface area contributed by atoms with Gasteiger partial charge in [0.25, 0.3) is 0 Å². The van der Waals surface area contributed by atoms with Crippen LogP contribution in [0, 0.1) is 0 Å². The Bertz CT molecular complexity index is 918. The van der Waals surface area contributed by atoms with Crippen molar-refractivity contribution in [1.29, 1.82) is 0 Å². The molecule has 0 spiro atoms. The molecule has 0 bridgehead atoms. The van der Waals surface area contributed by atoms with Gasteiger partial charge in [-0.15, -0.1) is 0 Å². The fraction of sp³-hybridized carbons (Fsp3) is 0.375. The van der Waals surface area contributed by atoms with E-state index in [2.05, 4.69) is 13.8 Å². The molecule has 154 valence electrons. The molecular formula is C24H28ClNO3. The minimum Gasteiger partial charge on any atom is -0.441 e. The molecule has 0 aliphatic heterocycles. The van der Waals surface area contributed by atoms with Crippen molar-refractivity contribution in [1.82, 2.24) is 4.98 Å². The van der Waals surface area contributed by atoms with Gasteiger partial charge in [-0.3, -0.25) is 0 Å². The Kier molecular flexibility index (Phi) is 7.48. The van der Waals surface area contributed by atoms with E-state index in [0.717, 1.165) is 41.0 Å². The summed E-state index contributed by atoms with van der Waals surface area (Å²) in [5.41, 5.74) is 3.69. The molecule has 1 atom stereocenters. The van der Waals surface area contributed by atoms with Gasteiger partial charge in [0.15, 0.2) is 0 Å². The maximum absolute atomic E-state index is 10.5. The highest BCUT2D eigenvalue weighted by atomic mass is 35.5. The molecule has 0 aliphatic carbocycles. The van der Waals surface area contributed by atoms with Crippen molar-refractivity contribution in [2.24, 2.45) is 0 Å². The number of benzene rings is 2. The molecule has 0 saturated carbocycles. The normalized spacial score (nSPS) is 12.5. The van der Waals surface area contributed by atoms with E-state index in [0.29, 0.717) is 23.8 Å². The molecular weight excluding hydrogens is 386 g/mol. The summed E-state index contributed by atoms with van der Waals surface area (Å²) in [5.74, 6) is 1.65. The lowest BCUT2D eigenvalue weighted by atomic mass is 10.00. The van der Waals surface area contributed by atoms with E-state index in [1.54, 1.807) is 0 Å². The van der Waals surface area contributed by atoms with Crippen LogP contribution in [0.25, 0.3) is 11.5 Å². The Labute approximate surface area is 177 Å². The zero-order valence-corrected chi connectivity index (χ0v) is 17.7. The minimum atomic E-state index is -0.518. The molecule has 29 heavy (non-hydrogen) atoms. The monoisotopic (exact) mass is 413 g/mol. The van der Waals surface area contributed by atoms with Gasteiger partial charge in [-0.25, -0.2) is 4.98 Å². The van der Waals surface area contributed by atoms with E-state index in [1.807, 2.05) is 48.5 Å². The lowest BCUT2D eigenvalue weighted by Gasteiger charge is -2.11. The number of halogens is 1. The van der Waals surface area contributed by atoms with Gasteiger partial charge in [0.1, 0.15) is 5.76 Å². The van der Waals surface area contributed by atoms with E-state index in [-0.39, 0.29) is 12.5 Å². The molecule has 0 saturated heterocycles. The number of aliphatic hydroxyl groups is 2. The molecule has 0 radical (unpaired) electrons. The molecule has 2 aromatic carbocycles. The topological polar surface area (TPSA) is 66.5 Å². The molecule has 3 rings (SSSR count). The molecule has 1 aromatic heterocycles. The number of rotatable bonds is 9. The zero-order valence-electron chi connectivity index (χ0n) is 16.9. The van der Waals surface area contributed by atoms with E-state index >= 15 is 0 Å². The molecule has 5 heteroatoms. The molecule has 3 aromatic rings. The van der Waals surface area contributed by atoms with Crippen LogP contribution in [0.2, 0.25) is 5.02 Å². The first-order valence-electron chi connectivity index (χ1n) is 10.1. The maximum atomic E-state index is 10.5. The lowest BCUT2D eigenvalue weighted by molar-refractivity contribution is 0.164. The molecule has 0 fully saturated rings. The third kappa shape index (κ3) is 5.47. The summed E-state index contributed by atoms with van der Waals surface area (Å²) in [6, 6.07) is 15.3. The molecule has 1 heterocycles. The second-order valence-electron chi connectivity index (χ2n) is 7.59. The standard InChI is InChI=1S/C24H28ClNO3/c1-16(2)23-21(26-24(29-23)19-6-3-4-7-20(19)25)8-5-9-22(28)18-12-10-17(11-13-18)14-15-27/h3-4,6-7,10-13,16,22,27-28H,5,8-9,14-15H2,1-2H3. The first-order valence-corrected chi connectivity index (χ1v) is 10.5. The molecule has 2 N–H and O–H groups in total. The fourth-order valence-corrected chi connectivity index (χ4v) is 3.63. The number of aryl methyl sites for hydroxylation is 1. The first kappa shape index (κ1) is 21.6. The summed E-state index contributed by atoms with van der Waals surface area (Å²) < 4.78 is 6.04. The number of oxazole rings is 1. The second-order valence-corrected chi connectivity index (χ2v) is 7.99. The zero-order chi connectivity index (χ0) is 20.8. The van der Waals surface area contributed by atoms with Crippen LogP contribution < -0.4 is 0 Å². The highest BCUT2D eigenvalue weighted by Gasteiger charge is 2.19. The Hall–Kier alpha value is -2.14. The van der Waals surface area contributed by atoms with Crippen LogP contribution in [-0.4, -0.2) is 21.8 Å². The Balaban J connectivity index is 1.66. The molecule has 1 unspecified atom stereocenters. The molecule has 0 amide bonds. The van der Waals surface area contributed by atoms with Gasteiger partial charge < -0.3 is 14.6 Å². The van der Waals surface area contributed by atoms with Crippen molar-refractivity contribution < 1.29 is 14.6 Å². The minimum absolute atomic E-state index is 0.133. The average molecular weight is 414 g/mol. The van der Waals surface area contributed by atoms with Crippen LogP contribution in [0.4, 0.5) is 0 Å². The van der Waals surface area contributed by atoms with Crippen LogP contribution in [0.3, 0.4) is 0 Å². The number of aromatic nitrogens is 1. The summed E-state index contributed by atoms with van der Waals surface area (Å²) in [5, 5.41) is 20.1. The van der Waals surface area contributed by atoms with Gasteiger partial charge in [-0.2, -0.15) is 0 Å². The van der Waals surface area contributed by atoms with Gasteiger partial charge in [-0.1, -0.05) is 61.8 Å². The van der Waals surface area contributed by atoms with E-state index in [4.69, 9.17) is 26.1 Å². The number of hydrogen-bond acceptors (Lipinski definition) is 4. The van der Waals surface area contributed by atoms with Crippen molar-refractivity contribution in [3.8, 4) is 11.5 Å². The predicted octanol–water partition coefficient (Wildman–Crippen LogP) is 5.71. The van der Waals surface area contributed by atoms with Crippen molar-refractivity contribution in [2.75, 3.05) is 6.61 Å². The van der Waals surface area contributed by atoms with Gasteiger partial charge >= 0.3 is 0 Å². The quantitative estimate of drug-likeness (QED) is 0.471. The fourth-order valence-electron chi connectivity index (χ4n) is 3.41. The average Bonchev–Trinajstić information content (AvgIpc) is 3.13. The predicted molar refractivity (Wildman–Crippen MR) is 116 cm³/mol.